The van der Waals surface area contributed by atoms with Crippen molar-refractivity contribution in [3.63, 3.8) is 0 Å². The molecule has 1 N–H and O–H groups in total. The molecule has 1 aliphatic rings. The van der Waals surface area contributed by atoms with Crippen LogP contribution in [0.25, 0.3) is 0 Å². The van der Waals surface area contributed by atoms with Gasteiger partial charge < -0.3 is 10.2 Å². The number of nitrogens with one attached hydrogen (secondary N) is 1. The molecule has 2 rings (SSSR count). The average Bonchev–Trinajstić information content (AvgIpc) is 2.32. The second-order valence-electron chi connectivity index (χ2n) is 4.47. The van der Waals surface area contributed by atoms with Crippen molar-refractivity contribution in [3.05, 3.63) is 39.9 Å². The third-order valence-electron chi connectivity index (χ3n) is 3.24. The molecule has 1 fully saturated rings. The summed E-state index contributed by atoms with van der Waals surface area (Å²) < 4.78 is 0. The number of rotatable bonds is 3. The fraction of sp³-hybridized carbons (Fsp3) is 0.500. The molecule has 0 bridgehead atoms. The molecule has 5 nitrogen and oxygen atoms in total. The lowest BCUT2D eigenvalue weighted by Crippen LogP contribution is -2.50. The standard InChI is InChI=1S/C12H17N3O2/c1-14-6-5-13-9-12(14)8-10-3-2-4-11(7-10)15(16)17/h2-4,7,12-13H,5-6,8-9H2,1H3. The third-order valence-corrected chi connectivity index (χ3v) is 3.24. The number of nitro groups is 1. The highest BCUT2D eigenvalue weighted by Crippen LogP contribution is 2.16. The highest BCUT2D eigenvalue weighted by Gasteiger charge is 2.19. The normalized spacial score (nSPS) is 21.4. The summed E-state index contributed by atoms with van der Waals surface area (Å²) in [5.74, 6) is 0. The van der Waals surface area contributed by atoms with Crippen molar-refractivity contribution >= 4 is 5.69 Å². The Balaban J connectivity index is 2.07. The van der Waals surface area contributed by atoms with Gasteiger partial charge in [-0.2, -0.15) is 0 Å². The number of nitro benzene ring substituents is 1. The Bertz CT molecular complexity index is 408. The van der Waals surface area contributed by atoms with Gasteiger partial charge in [0, 0.05) is 37.8 Å². The Morgan fingerprint density at radius 3 is 3.12 bits per heavy atom. The number of benzene rings is 1. The average molecular weight is 235 g/mol. The number of likely N-dealkylation sites (N-methyl/N-ethyl adjacent to an activating group) is 1. The largest absolute Gasteiger partial charge is 0.314 e. The molecular weight excluding hydrogens is 218 g/mol. The predicted molar refractivity (Wildman–Crippen MR) is 66.1 cm³/mol. The van der Waals surface area contributed by atoms with Crippen molar-refractivity contribution in [3.8, 4) is 0 Å². The molecular formula is C12H17N3O2. The molecule has 0 aromatic heterocycles. The molecule has 1 saturated heterocycles. The van der Waals surface area contributed by atoms with E-state index in [-0.39, 0.29) is 10.6 Å². The van der Waals surface area contributed by atoms with Crippen LogP contribution in [0.1, 0.15) is 5.56 Å². The highest BCUT2D eigenvalue weighted by atomic mass is 16.6. The van der Waals surface area contributed by atoms with E-state index in [1.165, 1.54) is 6.07 Å². The zero-order valence-electron chi connectivity index (χ0n) is 9.93. The SMILES string of the molecule is CN1CCNCC1Cc1cccc([N+](=O)[O-])c1. The summed E-state index contributed by atoms with van der Waals surface area (Å²) in [5, 5.41) is 14.0. The van der Waals surface area contributed by atoms with Crippen molar-refractivity contribution in [2.75, 3.05) is 26.7 Å². The van der Waals surface area contributed by atoms with Crippen molar-refractivity contribution in [1.82, 2.24) is 10.2 Å². The van der Waals surface area contributed by atoms with Crippen LogP contribution in [0.2, 0.25) is 0 Å². The van der Waals surface area contributed by atoms with Crippen LogP contribution < -0.4 is 5.32 Å². The van der Waals surface area contributed by atoms with Gasteiger partial charge in [0.2, 0.25) is 0 Å². The number of nitrogens with zero attached hydrogens (tertiary/aromatic N) is 2. The van der Waals surface area contributed by atoms with Crippen LogP contribution in [-0.4, -0.2) is 42.5 Å². The third kappa shape index (κ3) is 3.01. The Morgan fingerprint density at radius 1 is 1.59 bits per heavy atom. The Labute approximate surface area is 101 Å². The van der Waals surface area contributed by atoms with Gasteiger partial charge in [0.1, 0.15) is 0 Å². The van der Waals surface area contributed by atoms with Gasteiger partial charge in [-0.05, 0) is 19.0 Å². The Hall–Kier alpha value is -1.46. The fourth-order valence-corrected chi connectivity index (χ4v) is 2.16. The van der Waals surface area contributed by atoms with E-state index in [1.54, 1.807) is 12.1 Å². The van der Waals surface area contributed by atoms with Gasteiger partial charge in [0.25, 0.3) is 5.69 Å². The van der Waals surface area contributed by atoms with E-state index in [0.717, 1.165) is 31.6 Å². The molecule has 1 aliphatic heterocycles. The molecule has 1 aromatic rings. The van der Waals surface area contributed by atoms with E-state index < -0.39 is 0 Å². The Morgan fingerprint density at radius 2 is 2.41 bits per heavy atom. The number of non-ortho nitro benzene ring substituents is 1. The number of hydrogen-bond donors (Lipinski definition) is 1. The molecule has 17 heavy (non-hydrogen) atoms. The van der Waals surface area contributed by atoms with Gasteiger partial charge in [-0.15, -0.1) is 0 Å². The van der Waals surface area contributed by atoms with Crippen molar-refractivity contribution in [2.45, 2.75) is 12.5 Å². The number of hydrogen-bond acceptors (Lipinski definition) is 4. The molecule has 5 heteroatoms. The van der Waals surface area contributed by atoms with Crippen LogP contribution >= 0.6 is 0 Å². The van der Waals surface area contributed by atoms with Crippen LogP contribution in [-0.2, 0) is 6.42 Å². The lowest BCUT2D eigenvalue weighted by Gasteiger charge is -2.33. The van der Waals surface area contributed by atoms with Gasteiger partial charge >= 0.3 is 0 Å². The first-order valence-corrected chi connectivity index (χ1v) is 5.81. The first-order chi connectivity index (χ1) is 8.16. The van der Waals surface area contributed by atoms with E-state index in [0.29, 0.717) is 6.04 Å². The van der Waals surface area contributed by atoms with Crippen LogP contribution in [0.15, 0.2) is 24.3 Å². The molecule has 1 atom stereocenters. The van der Waals surface area contributed by atoms with Gasteiger partial charge in [-0.1, -0.05) is 12.1 Å². The van der Waals surface area contributed by atoms with E-state index >= 15 is 0 Å². The van der Waals surface area contributed by atoms with Crippen LogP contribution in [0, 0.1) is 10.1 Å². The molecule has 0 amide bonds. The van der Waals surface area contributed by atoms with E-state index in [9.17, 15) is 10.1 Å². The minimum atomic E-state index is -0.341. The van der Waals surface area contributed by atoms with Gasteiger partial charge in [0.15, 0.2) is 0 Å². The maximum Gasteiger partial charge on any atom is 0.269 e. The van der Waals surface area contributed by atoms with Gasteiger partial charge in [-0.3, -0.25) is 10.1 Å². The fourth-order valence-electron chi connectivity index (χ4n) is 2.16. The molecule has 0 saturated carbocycles. The van der Waals surface area contributed by atoms with Gasteiger partial charge in [-0.25, -0.2) is 0 Å². The van der Waals surface area contributed by atoms with Crippen molar-refractivity contribution in [1.29, 1.82) is 0 Å². The summed E-state index contributed by atoms with van der Waals surface area (Å²) >= 11 is 0. The topological polar surface area (TPSA) is 58.4 Å². The van der Waals surface area contributed by atoms with Gasteiger partial charge in [0.05, 0.1) is 4.92 Å². The minimum Gasteiger partial charge on any atom is -0.314 e. The summed E-state index contributed by atoms with van der Waals surface area (Å²) in [7, 11) is 2.10. The highest BCUT2D eigenvalue weighted by molar-refractivity contribution is 5.34. The van der Waals surface area contributed by atoms with Crippen molar-refractivity contribution < 1.29 is 4.92 Å². The summed E-state index contributed by atoms with van der Waals surface area (Å²) in [6.45, 7) is 2.99. The first kappa shape index (κ1) is 12.0. The second-order valence-corrected chi connectivity index (χ2v) is 4.47. The lowest BCUT2D eigenvalue weighted by atomic mass is 10.0. The zero-order chi connectivity index (χ0) is 12.3. The summed E-state index contributed by atoms with van der Waals surface area (Å²) in [4.78, 5) is 12.7. The molecule has 0 spiro atoms. The van der Waals surface area contributed by atoms with E-state index in [2.05, 4.69) is 17.3 Å². The molecule has 1 aromatic carbocycles. The monoisotopic (exact) mass is 235 g/mol. The minimum absolute atomic E-state index is 0.175. The second kappa shape index (κ2) is 5.25. The molecule has 0 radical (unpaired) electrons. The van der Waals surface area contributed by atoms with Crippen molar-refractivity contribution in [2.24, 2.45) is 0 Å². The quantitative estimate of drug-likeness (QED) is 0.628. The molecule has 1 heterocycles. The molecule has 92 valence electrons. The van der Waals surface area contributed by atoms with E-state index in [4.69, 9.17) is 0 Å². The smallest absolute Gasteiger partial charge is 0.269 e. The summed E-state index contributed by atoms with van der Waals surface area (Å²) in [5.41, 5.74) is 1.20. The Kier molecular flexibility index (Phi) is 3.71. The van der Waals surface area contributed by atoms with E-state index in [1.807, 2.05) is 6.07 Å². The van der Waals surface area contributed by atoms with Crippen LogP contribution in [0.5, 0.6) is 0 Å². The van der Waals surface area contributed by atoms with Crippen LogP contribution in [0.3, 0.4) is 0 Å². The zero-order valence-corrected chi connectivity index (χ0v) is 9.93. The lowest BCUT2D eigenvalue weighted by molar-refractivity contribution is -0.384. The van der Waals surface area contributed by atoms with Crippen LogP contribution in [0.4, 0.5) is 5.69 Å². The summed E-state index contributed by atoms with van der Waals surface area (Å²) in [6.07, 6.45) is 0.852. The maximum atomic E-state index is 10.7. The predicted octanol–water partition coefficient (Wildman–Crippen LogP) is 1.04. The first-order valence-electron chi connectivity index (χ1n) is 5.81. The molecule has 0 aliphatic carbocycles. The molecule has 1 unspecified atom stereocenters. The summed E-state index contributed by atoms with van der Waals surface area (Å²) in [6, 6.07) is 7.33. The number of piperazine rings is 1. The maximum absolute atomic E-state index is 10.7.